The topological polar surface area (TPSA) is 70.9 Å². The molecular weight excluding hydrogens is 386 g/mol. The number of hydrogen-bond donors (Lipinski definition) is 2. The summed E-state index contributed by atoms with van der Waals surface area (Å²) in [6.07, 6.45) is 8.71. The van der Waals surface area contributed by atoms with Crippen molar-refractivity contribution in [3.05, 3.63) is 41.3 Å². The number of nitrogens with zero attached hydrogens (tertiary/aromatic N) is 1. The second-order valence-electron chi connectivity index (χ2n) is 8.23. The molecule has 0 radical (unpaired) electrons. The van der Waals surface area contributed by atoms with E-state index < -0.39 is 10.0 Å². The maximum atomic E-state index is 12.7. The molecule has 29 heavy (non-hydrogen) atoms. The Morgan fingerprint density at radius 1 is 1.10 bits per heavy atom. The Kier molecular flexibility index (Phi) is 7.86. The van der Waals surface area contributed by atoms with Crippen molar-refractivity contribution < 1.29 is 18.1 Å². The zero-order chi connectivity index (χ0) is 20.7. The standard InChI is InChI=1S/C22H33N3O3S/c1-19(22(26)23-21-11-7-2-3-8-12-21)24-14-16-25(17-15-24)29(27,28)18-13-20-9-5-4-6-10-20/h4-6,9-10,13,18-19,21H,2-3,7-8,11-12,14-17H2,1H3,(H,23,26)/p+1/b18-13+/t19-/m1/s1. The summed E-state index contributed by atoms with van der Waals surface area (Å²) < 4.78 is 26.7. The normalized spacial score (nSPS) is 21.7. The van der Waals surface area contributed by atoms with Crippen molar-refractivity contribution in [3.8, 4) is 0 Å². The zero-order valence-corrected chi connectivity index (χ0v) is 18.2. The van der Waals surface area contributed by atoms with E-state index in [4.69, 9.17) is 0 Å². The highest BCUT2D eigenvalue weighted by molar-refractivity contribution is 7.92. The van der Waals surface area contributed by atoms with Gasteiger partial charge in [-0.25, -0.2) is 8.42 Å². The molecule has 1 heterocycles. The van der Waals surface area contributed by atoms with E-state index in [1.807, 2.05) is 37.3 Å². The number of rotatable bonds is 6. The van der Waals surface area contributed by atoms with Gasteiger partial charge in [0.25, 0.3) is 5.91 Å². The number of amides is 1. The van der Waals surface area contributed by atoms with Gasteiger partial charge < -0.3 is 10.2 Å². The Labute approximate surface area is 175 Å². The summed E-state index contributed by atoms with van der Waals surface area (Å²) in [5.41, 5.74) is 0.865. The third-order valence-electron chi connectivity index (χ3n) is 6.16. The molecule has 1 aromatic rings. The Bertz CT molecular complexity index is 779. The number of quaternary nitrogens is 1. The van der Waals surface area contributed by atoms with Crippen LogP contribution in [0.3, 0.4) is 0 Å². The highest BCUT2D eigenvalue weighted by Crippen LogP contribution is 2.17. The average molecular weight is 421 g/mol. The van der Waals surface area contributed by atoms with E-state index in [-0.39, 0.29) is 11.9 Å². The van der Waals surface area contributed by atoms with Crippen molar-refractivity contribution in [1.82, 2.24) is 9.62 Å². The molecule has 1 amide bonds. The monoisotopic (exact) mass is 420 g/mol. The minimum atomic E-state index is -3.44. The quantitative estimate of drug-likeness (QED) is 0.684. The van der Waals surface area contributed by atoms with Crippen LogP contribution in [-0.4, -0.2) is 56.9 Å². The fraction of sp³-hybridized carbons (Fsp3) is 0.591. The van der Waals surface area contributed by atoms with Crippen LogP contribution in [0.4, 0.5) is 0 Å². The molecule has 160 valence electrons. The van der Waals surface area contributed by atoms with Gasteiger partial charge in [-0.2, -0.15) is 4.31 Å². The molecule has 0 aromatic heterocycles. The maximum absolute atomic E-state index is 12.7. The van der Waals surface area contributed by atoms with Crippen molar-refractivity contribution in [1.29, 1.82) is 0 Å². The summed E-state index contributed by atoms with van der Waals surface area (Å²) in [6, 6.07) is 9.58. The second kappa shape index (κ2) is 10.4. The Balaban J connectivity index is 1.49. The predicted octanol–water partition coefficient (Wildman–Crippen LogP) is 1.42. The fourth-order valence-electron chi connectivity index (χ4n) is 4.21. The molecule has 1 aliphatic carbocycles. The van der Waals surface area contributed by atoms with E-state index in [0.29, 0.717) is 32.2 Å². The minimum Gasteiger partial charge on any atom is -0.348 e. The number of sulfonamides is 1. The van der Waals surface area contributed by atoms with E-state index in [1.54, 1.807) is 6.08 Å². The molecule has 2 N–H and O–H groups in total. The van der Waals surface area contributed by atoms with Crippen LogP contribution in [0, 0.1) is 0 Å². The van der Waals surface area contributed by atoms with Crippen LogP contribution in [-0.2, 0) is 14.8 Å². The smallest absolute Gasteiger partial charge is 0.278 e. The highest BCUT2D eigenvalue weighted by atomic mass is 32.2. The lowest BCUT2D eigenvalue weighted by atomic mass is 10.1. The van der Waals surface area contributed by atoms with Crippen molar-refractivity contribution in [2.24, 2.45) is 0 Å². The summed E-state index contributed by atoms with van der Waals surface area (Å²) in [4.78, 5) is 13.8. The largest absolute Gasteiger partial charge is 0.348 e. The summed E-state index contributed by atoms with van der Waals surface area (Å²) >= 11 is 0. The van der Waals surface area contributed by atoms with Crippen LogP contribution in [0.15, 0.2) is 35.7 Å². The molecule has 0 spiro atoms. The number of nitrogens with one attached hydrogen (secondary N) is 2. The van der Waals surface area contributed by atoms with E-state index >= 15 is 0 Å². The molecule has 7 heteroatoms. The van der Waals surface area contributed by atoms with Crippen LogP contribution >= 0.6 is 0 Å². The van der Waals surface area contributed by atoms with Gasteiger partial charge in [0.1, 0.15) is 0 Å². The Morgan fingerprint density at radius 2 is 1.72 bits per heavy atom. The third kappa shape index (κ3) is 6.39. The van der Waals surface area contributed by atoms with Gasteiger partial charge in [-0.1, -0.05) is 56.0 Å². The van der Waals surface area contributed by atoms with E-state index in [1.165, 1.54) is 35.4 Å². The number of piperazine rings is 1. The molecule has 1 aliphatic heterocycles. The first-order valence-electron chi connectivity index (χ1n) is 10.8. The third-order valence-corrected chi connectivity index (χ3v) is 7.73. The molecular formula is C22H34N3O3S+. The van der Waals surface area contributed by atoms with Crippen LogP contribution in [0.5, 0.6) is 0 Å². The number of carbonyl (C=O) groups is 1. The molecule has 6 nitrogen and oxygen atoms in total. The first-order valence-corrected chi connectivity index (χ1v) is 12.3. The lowest BCUT2D eigenvalue weighted by Gasteiger charge is -2.34. The summed E-state index contributed by atoms with van der Waals surface area (Å²) in [7, 11) is -3.44. The number of benzene rings is 1. The molecule has 0 bridgehead atoms. The molecule has 2 aliphatic rings. The maximum Gasteiger partial charge on any atom is 0.278 e. The van der Waals surface area contributed by atoms with Crippen molar-refractivity contribution in [2.75, 3.05) is 26.2 Å². The van der Waals surface area contributed by atoms with Crippen molar-refractivity contribution in [2.45, 2.75) is 57.5 Å². The second-order valence-corrected chi connectivity index (χ2v) is 10.1. The molecule has 1 saturated heterocycles. The average Bonchev–Trinajstić information content (AvgIpc) is 3.01. The molecule has 0 unspecified atom stereocenters. The molecule has 1 aromatic carbocycles. The number of carbonyl (C=O) groups excluding carboxylic acids is 1. The highest BCUT2D eigenvalue weighted by Gasteiger charge is 2.33. The van der Waals surface area contributed by atoms with E-state index in [2.05, 4.69) is 5.32 Å². The van der Waals surface area contributed by atoms with Crippen LogP contribution < -0.4 is 10.2 Å². The van der Waals surface area contributed by atoms with Crippen LogP contribution in [0.2, 0.25) is 0 Å². The molecule has 1 atom stereocenters. The predicted molar refractivity (Wildman–Crippen MR) is 116 cm³/mol. The first-order chi connectivity index (χ1) is 14.0. The van der Waals surface area contributed by atoms with Gasteiger partial charge in [-0.05, 0) is 31.4 Å². The van der Waals surface area contributed by atoms with Gasteiger partial charge in [0.05, 0.1) is 26.2 Å². The van der Waals surface area contributed by atoms with Gasteiger partial charge in [0, 0.05) is 11.4 Å². The van der Waals surface area contributed by atoms with Gasteiger partial charge in [-0.15, -0.1) is 0 Å². The lowest BCUT2D eigenvalue weighted by Crippen LogP contribution is -3.19. The van der Waals surface area contributed by atoms with Crippen LogP contribution in [0.1, 0.15) is 51.0 Å². The molecule has 3 rings (SSSR count). The molecule has 1 saturated carbocycles. The summed E-state index contributed by atoms with van der Waals surface area (Å²) in [5, 5.41) is 4.52. The molecule has 2 fully saturated rings. The summed E-state index contributed by atoms with van der Waals surface area (Å²) in [6.45, 7) is 4.14. The SMILES string of the molecule is C[C@H](C(=O)NC1CCCCCC1)[NH+]1CCN(S(=O)(=O)/C=C/c2ccccc2)CC1. The van der Waals surface area contributed by atoms with Crippen molar-refractivity contribution >= 4 is 22.0 Å². The fourth-order valence-corrected chi connectivity index (χ4v) is 5.40. The van der Waals surface area contributed by atoms with Crippen molar-refractivity contribution in [3.63, 3.8) is 0 Å². The van der Waals surface area contributed by atoms with E-state index in [9.17, 15) is 13.2 Å². The number of hydrogen-bond acceptors (Lipinski definition) is 3. The van der Waals surface area contributed by atoms with Gasteiger partial charge >= 0.3 is 0 Å². The van der Waals surface area contributed by atoms with Gasteiger partial charge in [0.2, 0.25) is 10.0 Å². The zero-order valence-electron chi connectivity index (χ0n) is 17.3. The van der Waals surface area contributed by atoms with Gasteiger partial charge in [-0.3, -0.25) is 4.79 Å². The van der Waals surface area contributed by atoms with Gasteiger partial charge in [0.15, 0.2) is 6.04 Å². The Hall–Kier alpha value is -1.70. The lowest BCUT2D eigenvalue weighted by molar-refractivity contribution is -0.917. The van der Waals surface area contributed by atoms with E-state index in [0.717, 1.165) is 23.3 Å². The minimum absolute atomic E-state index is 0.104. The van der Waals surface area contributed by atoms with Crippen LogP contribution in [0.25, 0.3) is 6.08 Å². The summed E-state index contributed by atoms with van der Waals surface area (Å²) in [5.74, 6) is 0.104. The first kappa shape index (κ1) is 22.0. The Morgan fingerprint density at radius 3 is 2.34 bits per heavy atom.